The first-order chi connectivity index (χ1) is 10.3. The Bertz CT molecular complexity index is 682. The van der Waals surface area contributed by atoms with Crippen LogP contribution in [0.4, 0.5) is 0 Å². The first kappa shape index (κ1) is 17.7. The number of oxazole rings is 1. The standard InChI is InChI=1S/C11H10NO3S.C3H7NO2/c1-8-11(14-7-12-8)9-3-5-10(6-4-9)15-16(2)13;1-3(5)4(2)6/h3-7H,2H2,1H3;6H,1-2H3/q-1;. The van der Waals surface area contributed by atoms with E-state index in [1.807, 2.05) is 19.1 Å². The van der Waals surface area contributed by atoms with Crippen LogP contribution in [0.15, 0.2) is 35.1 Å². The Hall–Kier alpha value is -2.32. The number of benzene rings is 1. The molecule has 8 heteroatoms. The van der Waals surface area contributed by atoms with Crippen molar-refractivity contribution in [3.63, 3.8) is 0 Å². The van der Waals surface area contributed by atoms with Gasteiger partial charge < -0.3 is 12.8 Å². The van der Waals surface area contributed by atoms with Crippen molar-refractivity contribution in [2.75, 3.05) is 7.05 Å². The molecule has 7 nitrogen and oxygen atoms in total. The van der Waals surface area contributed by atoms with Crippen LogP contribution in [0.1, 0.15) is 12.6 Å². The average Bonchev–Trinajstić information content (AvgIpc) is 2.86. The minimum absolute atomic E-state index is 0.352. The molecular weight excluding hydrogens is 308 g/mol. The summed E-state index contributed by atoms with van der Waals surface area (Å²) in [4.78, 5) is 13.8. The fraction of sp³-hybridized carbons (Fsp3) is 0.214. The van der Waals surface area contributed by atoms with Gasteiger partial charge in [-0.3, -0.25) is 10.0 Å². The topological polar surface area (TPSA) is 92.9 Å². The molecule has 0 aliphatic carbocycles. The highest BCUT2D eigenvalue weighted by Gasteiger charge is 2.05. The smallest absolute Gasteiger partial charge is 0.242 e. The first-order valence-electron chi connectivity index (χ1n) is 6.14. The normalized spacial score (nSPS) is 9.86. The summed E-state index contributed by atoms with van der Waals surface area (Å²) in [5.74, 6) is 4.12. The molecule has 1 aromatic carbocycles. The molecule has 1 N–H and O–H groups in total. The molecule has 1 amide bonds. The maximum absolute atomic E-state index is 10.7. The summed E-state index contributed by atoms with van der Waals surface area (Å²) < 4.78 is 20.9. The molecule has 0 radical (unpaired) electrons. The number of carbonyl (C=O) groups excluding carboxylic acids is 1. The van der Waals surface area contributed by atoms with Crippen molar-refractivity contribution in [3.8, 4) is 17.1 Å². The number of hydrogen-bond donors (Lipinski definition) is 1. The number of nitrogens with zero attached hydrogens (tertiary/aromatic N) is 2. The Balaban J connectivity index is 0.000000346. The molecule has 1 aromatic heterocycles. The quantitative estimate of drug-likeness (QED) is 0.402. The Morgan fingerprint density at radius 2 is 1.95 bits per heavy atom. The second-order valence-corrected chi connectivity index (χ2v) is 5.00. The molecule has 0 saturated carbocycles. The molecule has 0 spiro atoms. The fourth-order valence-electron chi connectivity index (χ4n) is 1.35. The first-order valence-corrected chi connectivity index (χ1v) is 7.39. The number of hydroxylamine groups is 2. The highest BCUT2D eigenvalue weighted by molar-refractivity contribution is 7.77. The van der Waals surface area contributed by atoms with Gasteiger partial charge in [0.15, 0.2) is 12.2 Å². The minimum atomic E-state index is -1.55. The van der Waals surface area contributed by atoms with Gasteiger partial charge in [-0.2, -0.15) is 5.87 Å². The number of hydrogen-bond acceptors (Lipinski definition) is 7. The van der Waals surface area contributed by atoms with Gasteiger partial charge in [-0.25, -0.2) is 10.0 Å². The second-order valence-electron chi connectivity index (χ2n) is 4.22. The summed E-state index contributed by atoms with van der Waals surface area (Å²) in [5.41, 5.74) is 1.73. The van der Waals surface area contributed by atoms with E-state index < -0.39 is 10.7 Å². The van der Waals surface area contributed by atoms with Crippen molar-refractivity contribution in [2.45, 2.75) is 13.8 Å². The van der Waals surface area contributed by atoms with E-state index in [9.17, 15) is 9.00 Å². The van der Waals surface area contributed by atoms with Gasteiger partial charge in [0.05, 0.1) is 11.4 Å². The maximum Gasteiger partial charge on any atom is 0.242 e. The number of carbonyl (C=O) groups is 1. The van der Waals surface area contributed by atoms with E-state index in [4.69, 9.17) is 13.8 Å². The van der Waals surface area contributed by atoms with Crippen molar-refractivity contribution in [1.82, 2.24) is 10.0 Å². The summed E-state index contributed by atoms with van der Waals surface area (Å²) in [6, 6.07) is 7.05. The van der Waals surface area contributed by atoms with Crippen LogP contribution in [0.3, 0.4) is 0 Å². The van der Waals surface area contributed by atoms with E-state index in [1.165, 1.54) is 20.4 Å². The fourth-order valence-corrected chi connectivity index (χ4v) is 1.67. The lowest BCUT2D eigenvalue weighted by atomic mass is 10.1. The number of amides is 1. The number of aryl methyl sites for hydroxylation is 1. The second kappa shape index (κ2) is 8.20. The molecule has 22 heavy (non-hydrogen) atoms. The van der Waals surface area contributed by atoms with E-state index in [-0.39, 0.29) is 5.91 Å². The Kier molecular flexibility index (Phi) is 6.61. The van der Waals surface area contributed by atoms with Gasteiger partial charge in [0, 0.05) is 19.5 Å². The third-order valence-electron chi connectivity index (χ3n) is 2.51. The van der Waals surface area contributed by atoms with Crippen molar-refractivity contribution in [2.24, 2.45) is 0 Å². The van der Waals surface area contributed by atoms with E-state index in [1.54, 1.807) is 12.1 Å². The predicted octanol–water partition coefficient (Wildman–Crippen LogP) is 2.19. The summed E-state index contributed by atoms with van der Waals surface area (Å²) in [6.07, 6.45) is 1.40. The van der Waals surface area contributed by atoms with Gasteiger partial charge in [0.1, 0.15) is 0 Å². The third kappa shape index (κ3) is 5.58. The molecule has 0 unspecified atom stereocenters. The van der Waals surface area contributed by atoms with Crippen LogP contribution in [0.2, 0.25) is 0 Å². The maximum atomic E-state index is 10.7. The zero-order valence-corrected chi connectivity index (χ0v) is 13.3. The van der Waals surface area contributed by atoms with E-state index >= 15 is 0 Å². The Morgan fingerprint density at radius 1 is 1.41 bits per heavy atom. The number of rotatable bonds is 3. The van der Waals surface area contributed by atoms with Gasteiger partial charge in [-0.1, -0.05) is 0 Å². The van der Waals surface area contributed by atoms with Crippen LogP contribution < -0.4 is 4.18 Å². The van der Waals surface area contributed by atoms with E-state index in [0.29, 0.717) is 10.8 Å². The molecule has 2 aromatic rings. The molecule has 0 bridgehead atoms. The lowest BCUT2D eigenvalue weighted by Gasteiger charge is -2.08. The van der Waals surface area contributed by atoms with E-state index in [0.717, 1.165) is 17.0 Å². The molecule has 0 fully saturated rings. The summed E-state index contributed by atoms with van der Waals surface area (Å²) in [7, 11) is -0.270. The Labute approximate surface area is 130 Å². The molecular formula is C14H17N2O5S-. The van der Waals surface area contributed by atoms with Gasteiger partial charge in [-0.15, -0.1) is 10.7 Å². The monoisotopic (exact) mass is 325 g/mol. The van der Waals surface area contributed by atoms with Crippen LogP contribution in [0.25, 0.3) is 11.3 Å². The number of aromatic nitrogens is 1. The lowest BCUT2D eigenvalue weighted by Crippen LogP contribution is -2.17. The predicted molar refractivity (Wildman–Crippen MR) is 82.7 cm³/mol. The molecule has 1 heterocycles. The van der Waals surface area contributed by atoms with Crippen molar-refractivity contribution in [3.05, 3.63) is 36.4 Å². The summed E-state index contributed by atoms with van der Waals surface area (Å²) in [5, 5.41) is 8.64. The SMILES string of the molecule is C=[S-](=O)Oc1ccc(-c2ocnc2C)cc1.CC(=O)N(C)O. The molecule has 120 valence electrons. The zero-order valence-electron chi connectivity index (χ0n) is 12.5. The van der Waals surface area contributed by atoms with Gasteiger partial charge in [0.2, 0.25) is 5.91 Å². The molecule has 0 atom stereocenters. The van der Waals surface area contributed by atoms with Gasteiger partial charge in [0.25, 0.3) is 0 Å². The van der Waals surface area contributed by atoms with Gasteiger partial charge in [-0.05, 0) is 31.2 Å². The van der Waals surface area contributed by atoms with Crippen molar-refractivity contribution < 1.29 is 22.8 Å². The molecule has 0 aliphatic rings. The molecule has 0 aliphatic heterocycles. The largest absolute Gasteiger partial charge is 0.561 e. The van der Waals surface area contributed by atoms with Crippen LogP contribution in [-0.2, 0) is 19.7 Å². The third-order valence-corrected chi connectivity index (χ3v) is 2.89. The van der Waals surface area contributed by atoms with Crippen LogP contribution in [-0.4, -0.2) is 34.1 Å². The summed E-state index contributed by atoms with van der Waals surface area (Å²) in [6.45, 7) is 3.15. The van der Waals surface area contributed by atoms with Gasteiger partial charge >= 0.3 is 0 Å². The van der Waals surface area contributed by atoms with Crippen LogP contribution in [0.5, 0.6) is 5.75 Å². The molecule has 0 saturated heterocycles. The van der Waals surface area contributed by atoms with Crippen LogP contribution >= 0.6 is 0 Å². The van der Waals surface area contributed by atoms with Crippen LogP contribution in [0, 0.1) is 6.92 Å². The van der Waals surface area contributed by atoms with Crippen molar-refractivity contribution in [1.29, 1.82) is 0 Å². The highest BCUT2D eigenvalue weighted by Crippen LogP contribution is 2.24. The average molecular weight is 325 g/mol. The molecule has 2 rings (SSSR count). The highest BCUT2D eigenvalue weighted by atomic mass is 32.2. The summed E-state index contributed by atoms with van der Waals surface area (Å²) >= 11 is 0. The lowest BCUT2D eigenvalue weighted by molar-refractivity contribution is -0.156. The minimum Gasteiger partial charge on any atom is -0.561 e. The van der Waals surface area contributed by atoms with Crippen molar-refractivity contribution >= 4 is 22.4 Å². The Morgan fingerprint density at radius 3 is 2.32 bits per heavy atom. The zero-order chi connectivity index (χ0) is 16.7. The van der Waals surface area contributed by atoms with E-state index in [2.05, 4.69) is 10.9 Å².